The topological polar surface area (TPSA) is 29.3 Å². The Labute approximate surface area is 135 Å². The minimum absolute atomic E-state index is 0.958. The van der Waals surface area contributed by atoms with Gasteiger partial charge in [0.15, 0.2) is 0 Å². The molecule has 112 valence electrons. The lowest BCUT2D eigenvalue weighted by atomic mass is 10.1. The minimum Gasteiger partial charge on any atom is -0.356 e. The molecule has 0 bridgehead atoms. The summed E-state index contributed by atoms with van der Waals surface area (Å²) in [6.45, 7) is 2.09. The fraction of sp³-hybridized carbons (Fsp3) is 0.0500. The molecule has 3 nitrogen and oxygen atoms in total. The first-order chi connectivity index (χ1) is 11.3. The van der Waals surface area contributed by atoms with Crippen LogP contribution in [0.25, 0.3) is 16.9 Å². The molecule has 1 N–H and O–H groups in total. The van der Waals surface area contributed by atoms with Crippen molar-refractivity contribution in [2.24, 2.45) is 0 Å². The molecule has 0 saturated heterocycles. The van der Waals surface area contributed by atoms with E-state index in [4.69, 9.17) is 0 Å². The van der Waals surface area contributed by atoms with Crippen molar-refractivity contribution in [1.29, 1.82) is 0 Å². The van der Waals surface area contributed by atoms with Gasteiger partial charge in [-0.25, -0.2) is 4.98 Å². The Morgan fingerprint density at radius 3 is 2.57 bits per heavy atom. The molecule has 0 aliphatic rings. The van der Waals surface area contributed by atoms with Crippen molar-refractivity contribution in [3.63, 3.8) is 0 Å². The third kappa shape index (κ3) is 2.81. The lowest BCUT2D eigenvalue weighted by molar-refractivity contribution is 1.19. The van der Waals surface area contributed by atoms with Crippen LogP contribution < -0.4 is 5.32 Å². The first kappa shape index (κ1) is 13.6. The molecule has 2 aromatic heterocycles. The Morgan fingerprint density at radius 2 is 1.74 bits per heavy atom. The van der Waals surface area contributed by atoms with Crippen molar-refractivity contribution in [2.45, 2.75) is 6.92 Å². The van der Waals surface area contributed by atoms with Gasteiger partial charge >= 0.3 is 0 Å². The molecule has 2 heterocycles. The van der Waals surface area contributed by atoms with Crippen LogP contribution in [0.3, 0.4) is 0 Å². The monoisotopic (exact) mass is 299 g/mol. The van der Waals surface area contributed by atoms with E-state index in [2.05, 4.69) is 72.0 Å². The van der Waals surface area contributed by atoms with Crippen LogP contribution in [0.1, 0.15) is 5.56 Å². The van der Waals surface area contributed by atoms with E-state index in [0.29, 0.717) is 0 Å². The van der Waals surface area contributed by atoms with Gasteiger partial charge < -0.3 is 9.72 Å². The van der Waals surface area contributed by atoms with Crippen molar-refractivity contribution in [3.05, 3.63) is 84.7 Å². The molecule has 2 aromatic carbocycles. The number of anilines is 2. The smallest absolute Gasteiger partial charge is 0.137 e. The fourth-order valence-electron chi connectivity index (χ4n) is 2.63. The van der Waals surface area contributed by atoms with Crippen molar-refractivity contribution < 1.29 is 0 Å². The van der Waals surface area contributed by atoms with E-state index >= 15 is 0 Å². The van der Waals surface area contributed by atoms with Gasteiger partial charge in [-0.05, 0) is 43.3 Å². The number of aromatic nitrogens is 2. The summed E-state index contributed by atoms with van der Waals surface area (Å²) >= 11 is 0. The Morgan fingerprint density at radius 1 is 0.870 bits per heavy atom. The highest BCUT2D eigenvalue weighted by atomic mass is 15.0. The number of aryl methyl sites for hydroxylation is 1. The van der Waals surface area contributed by atoms with Crippen molar-refractivity contribution in [1.82, 2.24) is 9.38 Å². The predicted octanol–water partition coefficient (Wildman–Crippen LogP) is 5.05. The van der Waals surface area contributed by atoms with Crippen LogP contribution in [0.15, 0.2) is 79.1 Å². The van der Waals surface area contributed by atoms with E-state index in [-0.39, 0.29) is 0 Å². The molecule has 0 radical (unpaired) electrons. The van der Waals surface area contributed by atoms with Gasteiger partial charge in [-0.2, -0.15) is 0 Å². The zero-order valence-electron chi connectivity index (χ0n) is 12.9. The average molecular weight is 299 g/mol. The average Bonchev–Trinajstić information content (AvgIpc) is 3.01. The quantitative estimate of drug-likeness (QED) is 0.573. The summed E-state index contributed by atoms with van der Waals surface area (Å²) in [6.07, 6.45) is 4.07. The van der Waals surface area contributed by atoms with Crippen molar-refractivity contribution >= 4 is 17.0 Å². The molecular weight excluding hydrogens is 282 g/mol. The second-order valence-corrected chi connectivity index (χ2v) is 5.66. The first-order valence-electron chi connectivity index (χ1n) is 7.66. The second kappa shape index (κ2) is 5.61. The van der Waals surface area contributed by atoms with E-state index in [0.717, 1.165) is 28.3 Å². The van der Waals surface area contributed by atoms with Gasteiger partial charge in [-0.1, -0.05) is 35.9 Å². The highest BCUT2D eigenvalue weighted by molar-refractivity contribution is 5.70. The summed E-state index contributed by atoms with van der Waals surface area (Å²) in [6, 6.07) is 22.7. The van der Waals surface area contributed by atoms with Crippen LogP contribution in [0, 0.1) is 6.92 Å². The Bertz CT molecular complexity index is 919. The third-order valence-corrected chi connectivity index (χ3v) is 3.86. The molecule has 0 aliphatic carbocycles. The van der Waals surface area contributed by atoms with Crippen molar-refractivity contribution in [3.8, 4) is 11.3 Å². The van der Waals surface area contributed by atoms with Crippen LogP contribution in [0.4, 0.5) is 11.4 Å². The Kier molecular flexibility index (Phi) is 3.31. The SMILES string of the molecule is Cc1ccc(Nc2cccc(-c3cn4ccccc4n3)c2)cc1. The van der Waals surface area contributed by atoms with E-state index in [1.165, 1.54) is 5.56 Å². The maximum absolute atomic E-state index is 4.68. The summed E-state index contributed by atoms with van der Waals surface area (Å²) in [7, 11) is 0. The maximum Gasteiger partial charge on any atom is 0.137 e. The molecule has 0 saturated carbocycles. The lowest BCUT2D eigenvalue weighted by Gasteiger charge is -2.08. The van der Waals surface area contributed by atoms with Crippen LogP contribution in [-0.4, -0.2) is 9.38 Å². The summed E-state index contributed by atoms with van der Waals surface area (Å²) in [5, 5.41) is 3.44. The fourth-order valence-corrected chi connectivity index (χ4v) is 2.63. The Balaban J connectivity index is 1.66. The molecule has 0 fully saturated rings. The molecule has 0 atom stereocenters. The molecule has 3 heteroatoms. The van der Waals surface area contributed by atoms with E-state index in [9.17, 15) is 0 Å². The summed E-state index contributed by atoms with van der Waals surface area (Å²) in [4.78, 5) is 4.68. The number of imidazole rings is 1. The molecule has 0 aliphatic heterocycles. The van der Waals surface area contributed by atoms with Gasteiger partial charge in [0, 0.05) is 29.3 Å². The van der Waals surface area contributed by atoms with Crippen LogP contribution in [0.5, 0.6) is 0 Å². The number of hydrogen-bond acceptors (Lipinski definition) is 2. The molecular formula is C20H17N3. The van der Waals surface area contributed by atoms with Gasteiger partial charge in [0.25, 0.3) is 0 Å². The minimum atomic E-state index is 0.958. The molecule has 0 amide bonds. The van der Waals surface area contributed by atoms with E-state index in [1.807, 2.05) is 28.8 Å². The summed E-state index contributed by atoms with van der Waals surface area (Å²) in [5.41, 5.74) is 6.44. The molecule has 0 unspecified atom stereocenters. The van der Waals surface area contributed by atoms with Crippen LogP contribution in [0.2, 0.25) is 0 Å². The highest BCUT2D eigenvalue weighted by Gasteiger charge is 2.05. The molecule has 4 rings (SSSR count). The Hall–Kier alpha value is -3.07. The normalized spacial score (nSPS) is 10.8. The van der Waals surface area contributed by atoms with Gasteiger partial charge in [0.1, 0.15) is 5.65 Å². The largest absolute Gasteiger partial charge is 0.356 e. The number of fused-ring (bicyclic) bond motifs is 1. The number of nitrogens with zero attached hydrogens (tertiary/aromatic N) is 2. The van der Waals surface area contributed by atoms with Gasteiger partial charge in [-0.15, -0.1) is 0 Å². The highest BCUT2D eigenvalue weighted by Crippen LogP contribution is 2.24. The zero-order chi connectivity index (χ0) is 15.6. The number of benzene rings is 2. The van der Waals surface area contributed by atoms with Gasteiger partial charge in [0.2, 0.25) is 0 Å². The van der Waals surface area contributed by atoms with Gasteiger partial charge in [0.05, 0.1) is 5.69 Å². The standard InChI is InChI=1S/C20H17N3/c1-15-8-10-17(11-9-15)21-18-6-4-5-16(13-18)19-14-23-12-3-2-7-20(23)22-19/h2-14,21H,1H3. The number of hydrogen-bond donors (Lipinski definition) is 1. The number of rotatable bonds is 3. The molecule has 4 aromatic rings. The van der Waals surface area contributed by atoms with Crippen molar-refractivity contribution in [2.75, 3.05) is 5.32 Å². The van der Waals surface area contributed by atoms with E-state index in [1.54, 1.807) is 0 Å². The van der Waals surface area contributed by atoms with Crippen LogP contribution >= 0.6 is 0 Å². The first-order valence-corrected chi connectivity index (χ1v) is 7.66. The molecule has 23 heavy (non-hydrogen) atoms. The molecule has 0 spiro atoms. The summed E-state index contributed by atoms with van der Waals surface area (Å²) < 4.78 is 2.04. The second-order valence-electron chi connectivity index (χ2n) is 5.66. The zero-order valence-corrected chi connectivity index (χ0v) is 12.9. The van der Waals surface area contributed by atoms with Crippen LogP contribution in [-0.2, 0) is 0 Å². The lowest BCUT2D eigenvalue weighted by Crippen LogP contribution is -1.90. The number of nitrogens with one attached hydrogen (secondary N) is 1. The van der Waals surface area contributed by atoms with E-state index < -0.39 is 0 Å². The number of pyridine rings is 1. The summed E-state index contributed by atoms with van der Waals surface area (Å²) in [5.74, 6) is 0. The third-order valence-electron chi connectivity index (χ3n) is 3.86. The predicted molar refractivity (Wildman–Crippen MR) is 95.1 cm³/mol. The maximum atomic E-state index is 4.68. The van der Waals surface area contributed by atoms with Gasteiger partial charge in [-0.3, -0.25) is 0 Å².